The summed E-state index contributed by atoms with van der Waals surface area (Å²) in [6, 6.07) is 8.19. The van der Waals surface area contributed by atoms with Gasteiger partial charge in [0.05, 0.1) is 12.2 Å². The molecule has 4 heteroatoms. The molecule has 19 heavy (non-hydrogen) atoms. The van der Waals surface area contributed by atoms with Crippen LogP contribution in [-0.4, -0.2) is 43.6 Å². The summed E-state index contributed by atoms with van der Waals surface area (Å²) in [5.74, 6) is 1.39. The van der Waals surface area contributed by atoms with Crippen molar-refractivity contribution in [3.05, 3.63) is 29.8 Å². The highest BCUT2D eigenvalue weighted by atomic mass is 16.5. The van der Waals surface area contributed by atoms with Crippen LogP contribution >= 0.6 is 0 Å². The van der Waals surface area contributed by atoms with Crippen LogP contribution in [0, 0.1) is 0 Å². The monoisotopic (exact) mass is 263 g/mol. The van der Waals surface area contributed by atoms with Crippen LogP contribution in [-0.2, 0) is 4.74 Å². The van der Waals surface area contributed by atoms with Gasteiger partial charge >= 0.3 is 0 Å². The van der Waals surface area contributed by atoms with Crippen molar-refractivity contribution in [3.8, 4) is 5.75 Å². The Kier molecular flexibility index (Phi) is 3.73. The lowest BCUT2D eigenvalue weighted by molar-refractivity contribution is -0.0616. The number of ether oxygens (including phenoxy) is 2. The van der Waals surface area contributed by atoms with Gasteiger partial charge < -0.3 is 19.9 Å². The van der Waals surface area contributed by atoms with Gasteiger partial charge in [0.25, 0.3) is 0 Å². The molecule has 0 amide bonds. The van der Waals surface area contributed by atoms with Gasteiger partial charge in [-0.2, -0.15) is 0 Å². The SMILES string of the molecule is OC1(CNCC2COc3ccccc32)CCOCC1. The van der Waals surface area contributed by atoms with Crippen LogP contribution in [0.1, 0.15) is 24.3 Å². The lowest BCUT2D eigenvalue weighted by Crippen LogP contribution is -2.45. The van der Waals surface area contributed by atoms with Crippen LogP contribution in [0.25, 0.3) is 0 Å². The van der Waals surface area contributed by atoms with E-state index in [1.54, 1.807) is 0 Å². The maximum absolute atomic E-state index is 10.4. The lowest BCUT2D eigenvalue weighted by atomic mass is 9.94. The second kappa shape index (κ2) is 5.49. The number of para-hydroxylation sites is 1. The lowest BCUT2D eigenvalue weighted by Gasteiger charge is -2.32. The van der Waals surface area contributed by atoms with Crippen molar-refractivity contribution in [1.29, 1.82) is 0 Å². The molecule has 0 radical (unpaired) electrons. The Morgan fingerprint density at radius 1 is 1.26 bits per heavy atom. The second-order valence-corrected chi connectivity index (χ2v) is 5.51. The maximum Gasteiger partial charge on any atom is 0.122 e. The molecule has 2 N–H and O–H groups in total. The molecule has 0 spiro atoms. The predicted octanol–water partition coefficient (Wildman–Crippen LogP) is 1.29. The third kappa shape index (κ3) is 2.91. The molecule has 1 atom stereocenters. The van der Waals surface area contributed by atoms with Gasteiger partial charge in [-0.3, -0.25) is 0 Å². The maximum atomic E-state index is 10.4. The van der Waals surface area contributed by atoms with Crippen LogP contribution in [0.2, 0.25) is 0 Å². The summed E-state index contributed by atoms with van der Waals surface area (Å²) in [6.07, 6.45) is 1.44. The van der Waals surface area contributed by atoms with E-state index in [4.69, 9.17) is 9.47 Å². The molecule has 3 rings (SSSR count). The summed E-state index contributed by atoms with van der Waals surface area (Å²) >= 11 is 0. The normalized spacial score (nSPS) is 24.8. The smallest absolute Gasteiger partial charge is 0.122 e. The first kappa shape index (κ1) is 12.9. The first-order valence-corrected chi connectivity index (χ1v) is 6.99. The van der Waals surface area contributed by atoms with Gasteiger partial charge in [-0.15, -0.1) is 0 Å². The van der Waals surface area contributed by atoms with Crippen molar-refractivity contribution < 1.29 is 14.6 Å². The number of aliphatic hydroxyl groups is 1. The second-order valence-electron chi connectivity index (χ2n) is 5.51. The van der Waals surface area contributed by atoms with Gasteiger partial charge in [-0.25, -0.2) is 0 Å². The van der Waals surface area contributed by atoms with Crippen LogP contribution < -0.4 is 10.1 Å². The molecular weight excluding hydrogens is 242 g/mol. The highest BCUT2D eigenvalue weighted by Crippen LogP contribution is 2.33. The number of hydrogen-bond donors (Lipinski definition) is 2. The standard InChI is InChI=1S/C15H21NO3/c17-15(5-7-18-8-6-15)11-16-9-12-10-19-14-4-2-1-3-13(12)14/h1-4,12,16-17H,5-11H2. The molecular formula is C15H21NO3. The van der Waals surface area contributed by atoms with Crippen molar-refractivity contribution in [3.63, 3.8) is 0 Å². The minimum atomic E-state index is -0.600. The van der Waals surface area contributed by atoms with Gasteiger partial charge in [-0.05, 0) is 6.07 Å². The molecule has 0 aliphatic carbocycles. The van der Waals surface area contributed by atoms with Crippen LogP contribution in [0.3, 0.4) is 0 Å². The number of nitrogens with one attached hydrogen (secondary N) is 1. The van der Waals surface area contributed by atoms with E-state index >= 15 is 0 Å². The highest BCUT2D eigenvalue weighted by molar-refractivity contribution is 5.39. The molecule has 1 saturated heterocycles. The fourth-order valence-corrected chi connectivity index (χ4v) is 2.81. The van der Waals surface area contributed by atoms with Gasteiger partial charge in [0.1, 0.15) is 5.75 Å². The quantitative estimate of drug-likeness (QED) is 0.859. The first-order chi connectivity index (χ1) is 9.27. The van der Waals surface area contributed by atoms with E-state index in [-0.39, 0.29) is 0 Å². The predicted molar refractivity (Wildman–Crippen MR) is 72.6 cm³/mol. The van der Waals surface area contributed by atoms with Gasteiger partial charge in [0.2, 0.25) is 0 Å². The van der Waals surface area contributed by atoms with Crippen molar-refractivity contribution >= 4 is 0 Å². The molecule has 1 fully saturated rings. The molecule has 4 nitrogen and oxygen atoms in total. The minimum Gasteiger partial charge on any atom is -0.493 e. The summed E-state index contributed by atoms with van der Waals surface area (Å²) in [6.45, 7) is 3.53. The third-order valence-electron chi connectivity index (χ3n) is 4.07. The number of benzene rings is 1. The highest BCUT2D eigenvalue weighted by Gasteiger charge is 2.30. The summed E-state index contributed by atoms with van der Waals surface area (Å²) in [4.78, 5) is 0. The Hall–Kier alpha value is -1.10. The molecule has 1 aromatic carbocycles. The molecule has 0 bridgehead atoms. The Morgan fingerprint density at radius 2 is 2.05 bits per heavy atom. The van der Waals surface area contributed by atoms with Crippen LogP contribution in [0.15, 0.2) is 24.3 Å². The van der Waals surface area contributed by atoms with E-state index in [9.17, 15) is 5.11 Å². The zero-order valence-electron chi connectivity index (χ0n) is 11.1. The molecule has 1 aromatic rings. The number of rotatable bonds is 4. The van der Waals surface area contributed by atoms with E-state index in [1.165, 1.54) is 5.56 Å². The molecule has 2 heterocycles. The summed E-state index contributed by atoms with van der Waals surface area (Å²) in [5, 5.41) is 13.8. The Morgan fingerprint density at radius 3 is 2.89 bits per heavy atom. The molecule has 0 aromatic heterocycles. The molecule has 2 aliphatic heterocycles. The average molecular weight is 263 g/mol. The minimum absolute atomic E-state index is 0.389. The van der Waals surface area contributed by atoms with E-state index < -0.39 is 5.60 Å². The van der Waals surface area contributed by atoms with E-state index in [0.717, 1.165) is 31.7 Å². The Bertz CT molecular complexity index is 429. The Balaban J connectivity index is 1.51. The van der Waals surface area contributed by atoms with Crippen LogP contribution in [0.5, 0.6) is 5.75 Å². The Labute approximate surface area is 113 Å². The van der Waals surface area contributed by atoms with Crippen molar-refractivity contribution in [1.82, 2.24) is 5.32 Å². The van der Waals surface area contributed by atoms with Crippen molar-refractivity contribution in [2.24, 2.45) is 0 Å². The van der Waals surface area contributed by atoms with E-state index in [0.29, 0.717) is 25.7 Å². The summed E-state index contributed by atoms with van der Waals surface area (Å²) in [5.41, 5.74) is 0.672. The molecule has 1 unspecified atom stereocenters. The van der Waals surface area contributed by atoms with Gasteiger partial charge in [-0.1, -0.05) is 18.2 Å². The average Bonchev–Trinajstić information content (AvgIpc) is 2.83. The van der Waals surface area contributed by atoms with Gasteiger partial charge in [0, 0.05) is 50.6 Å². The third-order valence-corrected chi connectivity index (χ3v) is 4.07. The largest absolute Gasteiger partial charge is 0.493 e. The fraction of sp³-hybridized carbons (Fsp3) is 0.600. The van der Waals surface area contributed by atoms with Crippen molar-refractivity contribution in [2.45, 2.75) is 24.4 Å². The van der Waals surface area contributed by atoms with E-state index in [1.807, 2.05) is 18.2 Å². The number of hydrogen-bond acceptors (Lipinski definition) is 4. The fourth-order valence-electron chi connectivity index (χ4n) is 2.81. The van der Waals surface area contributed by atoms with Gasteiger partial charge in [0.15, 0.2) is 0 Å². The van der Waals surface area contributed by atoms with Crippen LogP contribution in [0.4, 0.5) is 0 Å². The van der Waals surface area contributed by atoms with E-state index in [2.05, 4.69) is 11.4 Å². The molecule has 0 saturated carbocycles. The number of fused-ring (bicyclic) bond motifs is 1. The molecule has 104 valence electrons. The zero-order chi connectivity index (χ0) is 13.1. The van der Waals surface area contributed by atoms with Crippen molar-refractivity contribution in [2.75, 3.05) is 32.9 Å². The first-order valence-electron chi connectivity index (χ1n) is 6.99. The topological polar surface area (TPSA) is 50.7 Å². The summed E-state index contributed by atoms with van der Waals surface area (Å²) in [7, 11) is 0. The molecule has 2 aliphatic rings. The zero-order valence-corrected chi connectivity index (χ0v) is 11.1. The summed E-state index contributed by atoms with van der Waals surface area (Å²) < 4.78 is 10.9.